The summed E-state index contributed by atoms with van der Waals surface area (Å²) in [6.45, 7) is 5.48. The monoisotopic (exact) mass is 250 g/mol. The van der Waals surface area contributed by atoms with Gasteiger partial charge in [-0.3, -0.25) is 9.78 Å². The SMILES string of the molecule is CCNCC(C)C(=O)Nc1cnccc1N(C)C. The van der Waals surface area contributed by atoms with E-state index in [9.17, 15) is 4.79 Å². The highest BCUT2D eigenvalue weighted by Gasteiger charge is 2.14. The number of rotatable bonds is 6. The van der Waals surface area contributed by atoms with E-state index < -0.39 is 0 Å². The largest absolute Gasteiger partial charge is 0.376 e. The van der Waals surface area contributed by atoms with Crippen molar-refractivity contribution in [1.82, 2.24) is 10.3 Å². The first-order chi connectivity index (χ1) is 8.56. The summed E-state index contributed by atoms with van der Waals surface area (Å²) in [5.41, 5.74) is 1.70. The summed E-state index contributed by atoms with van der Waals surface area (Å²) in [5.74, 6) is -0.0628. The van der Waals surface area contributed by atoms with Crippen molar-refractivity contribution in [2.45, 2.75) is 13.8 Å². The van der Waals surface area contributed by atoms with Gasteiger partial charge in [0.05, 0.1) is 17.6 Å². The minimum absolute atomic E-state index is 0.00653. The number of hydrogen-bond acceptors (Lipinski definition) is 4. The smallest absolute Gasteiger partial charge is 0.228 e. The lowest BCUT2D eigenvalue weighted by atomic mass is 10.1. The molecule has 5 heteroatoms. The minimum Gasteiger partial charge on any atom is -0.376 e. The number of anilines is 2. The molecule has 0 radical (unpaired) electrons. The van der Waals surface area contributed by atoms with Crippen LogP contribution in [0.4, 0.5) is 11.4 Å². The zero-order chi connectivity index (χ0) is 13.5. The molecule has 0 aliphatic heterocycles. The van der Waals surface area contributed by atoms with Crippen LogP contribution in [-0.4, -0.2) is 38.1 Å². The second-order valence-electron chi connectivity index (χ2n) is 4.49. The third-order valence-corrected chi connectivity index (χ3v) is 2.69. The zero-order valence-corrected chi connectivity index (χ0v) is 11.5. The van der Waals surface area contributed by atoms with E-state index in [-0.39, 0.29) is 11.8 Å². The van der Waals surface area contributed by atoms with Crippen LogP contribution in [0.5, 0.6) is 0 Å². The van der Waals surface area contributed by atoms with Crippen LogP contribution in [0.25, 0.3) is 0 Å². The first kappa shape index (κ1) is 14.4. The van der Waals surface area contributed by atoms with Gasteiger partial charge >= 0.3 is 0 Å². The first-order valence-corrected chi connectivity index (χ1v) is 6.19. The summed E-state index contributed by atoms with van der Waals surface area (Å²) in [6, 6.07) is 1.88. The topological polar surface area (TPSA) is 57.3 Å². The Labute approximate surface area is 109 Å². The van der Waals surface area contributed by atoms with E-state index in [1.54, 1.807) is 12.4 Å². The van der Waals surface area contributed by atoms with Gasteiger partial charge in [-0.05, 0) is 12.6 Å². The first-order valence-electron chi connectivity index (χ1n) is 6.19. The Morgan fingerprint density at radius 2 is 2.22 bits per heavy atom. The van der Waals surface area contributed by atoms with E-state index in [1.165, 1.54) is 0 Å². The molecule has 0 aliphatic carbocycles. The maximum absolute atomic E-state index is 12.0. The van der Waals surface area contributed by atoms with Crippen LogP contribution < -0.4 is 15.5 Å². The van der Waals surface area contributed by atoms with Gasteiger partial charge in [-0.1, -0.05) is 13.8 Å². The highest BCUT2D eigenvalue weighted by molar-refractivity contribution is 5.95. The molecule has 1 rings (SSSR count). The third kappa shape index (κ3) is 4.00. The molecule has 2 N–H and O–H groups in total. The molecule has 0 fully saturated rings. The maximum atomic E-state index is 12.0. The van der Waals surface area contributed by atoms with E-state index >= 15 is 0 Å². The van der Waals surface area contributed by atoms with E-state index in [0.717, 1.165) is 17.9 Å². The highest BCUT2D eigenvalue weighted by Crippen LogP contribution is 2.22. The molecule has 1 aromatic heterocycles. The molecule has 0 aromatic carbocycles. The van der Waals surface area contributed by atoms with Gasteiger partial charge in [0, 0.05) is 32.8 Å². The number of amides is 1. The average Bonchev–Trinajstić information content (AvgIpc) is 2.36. The fraction of sp³-hybridized carbons (Fsp3) is 0.538. The van der Waals surface area contributed by atoms with Crippen LogP contribution in [0.2, 0.25) is 0 Å². The Morgan fingerprint density at radius 3 is 2.83 bits per heavy atom. The van der Waals surface area contributed by atoms with Crippen molar-refractivity contribution in [2.75, 3.05) is 37.4 Å². The Balaban J connectivity index is 2.69. The van der Waals surface area contributed by atoms with E-state index in [1.807, 2.05) is 38.9 Å². The fourth-order valence-corrected chi connectivity index (χ4v) is 1.58. The second-order valence-corrected chi connectivity index (χ2v) is 4.49. The molecule has 18 heavy (non-hydrogen) atoms. The van der Waals surface area contributed by atoms with Crippen molar-refractivity contribution in [3.63, 3.8) is 0 Å². The number of hydrogen-bond donors (Lipinski definition) is 2. The molecule has 0 spiro atoms. The Hall–Kier alpha value is -1.62. The summed E-state index contributed by atoms with van der Waals surface area (Å²) in [7, 11) is 3.88. The third-order valence-electron chi connectivity index (χ3n) is 2.69. The Kier molecular flexibility index (Phi) is 5.58. The molecule has 100 valence electrons. The Morgan fingerprint density at radius 1 is 1.50 bits per heavy atom. The van der Waals surface area contributed by atoms with Crippen LogP contribution >= 0.6 is 0 Å². The maximum Gasteiger partial charge on any atom is 0.228 e. The van der Waals surface area contributed by atoms with Gasteiger partial charge in [-0.25, -0.2) is 0 Å². The van der Waals surface area contributed by atoms with E-state index in [4.69, 9.17) is 0 Å². The van der Waals surface area contributed by atoms with Gasteiger partial charge < -0.3 is 15.5 Å². The van der Waals surface area contributed by atoms with Crippen LogP contribution in [0, 0.1) is 5.92 Å². The summed E-state index contributed by atoms with van der Waals surface area (Å²) in [4.78, 5) is 18.0. The van der Waals surface area contributed by atoms with Gasteiger partial charge in [-0.15, -0.1) is 0 Å². The van der Waals surface area contributed by atoms with Gasteiger partial charge in [0.1, 0.15) is 0 Å². The van der Waals surface area contributed by atoms with Crippen molar-refractivity contribution in [3.05, 3.63) is 18.5 Å². The van der Waals surface area contributed by atoms with E-state index in [2.05, 4.69) is 15.6 Å². The van der Waals surface area contributed by atoms with Crippen molar-refractivity contribution in [3.8, 4) is 0 Å². The molecule has 0 aliphatic rings. The number of aromatic nitrogens is 1. The van der Waals surface area contributed by atoms with Crippen molar-refractivity contribution in [1.29, 1.82) is 0 Å². The number of nitrogens with zero attached hydrogens (tertiary/aromatic N) is 2. The molecule has 1 amide bonds. The van der Waals surface area contributed by atoms with Crippen molar-refractivity contribution in [2.24, 2.45) is 5.92 Å². The molecular formula is C13H22N4O. The number of pyridine rings is 1. The molecular weight excluding hydrogens is 228 g/mol. The predicted octanol–water partition coefficient (Wildman–Crippen LogP) is 1.33. The van der Waals surface area contributed by atoms with Gasteiger partial charge in [0.25, 0.3) is 0 Å². The molecule has 1 unspecified atom stereocenters. The second kappa shape index (κ2) is 6.96. The summed E-state index contributed by atoms with van der Waals surface area (Å²) >= 11 is 0. The fourth-order valence-electron chi connectivity index (χ4n) is 1.58. The molecule has 1 atom stereocenters. The minimum atomic E-state index is -0.0693. The Bertz CT molecular complexity index is 392. The number of carbonyl (C=O) groups excluding carboxylic acids is 1. The number of carbonyl (C=O) groups is 1. The van der Waals surface area contributed by atoms with Crippen LogP contribution in [0.15, 0.2) is 18.5 Å². The lowest BCUT2D eigenvalue weighted by Crippen LogP contribution is -2.30. The quantitative estimate of drug-likeness (QED) is 0.800. The van der Waals surface area contributed by atoms with Crippen LogP contribution in [0.3, 0.4) is 0 Å². The standard InChI is InChI=1S/C13H22N4O/c1-5-14-8-10(2)13(18)16-11-9-15-7-6-12(11)17(3)4/h6-7,9-10,14H,5,8H2,1-4H3,(H,16,18). The van der Waals surface area contributed by atoms with E-state index in [0.29, 0.717) is 6.54 Å². The van der Waals surface area contributed by atoms with Gasteiger partial charge in [-0.2, -0.15) is 0 Å². The molecule has 1 heterocycles. The molecule has 1 aromatic rings. The normalized spacial score (nSPS) is 12.0. The van der Waals surface area contributed by atoms with Crippen LogP contribution in [0.1, 0.15) is 13.8 Å². The highest BCUT2D eigenvalue weighted by atomic mass is 16.1. The van der Waals surface area contributed by atoms with Crippen molar-refractivity contribution >= 4 is 17.3 Å². The predicted molar refractivity (Wildman–Crippen MR) is 74.9 cm³/mol. The van der Waals surface area contributed by atoms with Gasteiger partial charge in [0.15, 0.2) is 0 Å². The number of nitrogens with one attached hydrogen (secondary N) is 2. The lowest BCUT2D eigenvalue weighted by Gasteiger charge is -2.19. The average molecular weight is 250 g/mol. The molecule has 0 saturated carbocycles. The van der Waals surface area contributed by atoms with Gasteiger partial charge in [0.2, 0.25) is 5.91 Å². The summed E-state index contributed by atoms with van der Waals surface area (Å²) in [5, 5.41) is 6.08. The molecule has 5 nitrogen and oxygen atoms in total. The summed E-state index contributed by atoms with van der Waals surface area (Å²) < 4.78 is 0. The van der Waals surface area contributed by atoms with Crippen molar-refractivity contribution < 1.29 is 4.79 Å². The molecule has 0 bridgehead atoms. The molecule has 0 saturated heterocycles. The zero-order valence-electron chi connectivity index (χ0n) is 11.5. The summed E-state index contributed by atoms with van der Waals surface area (Å²) in [6.07, 6.45) is 3.39. The lowest BCUT2D eigenvalue weighted by molar-refractivity contribution is -0.119. The van der Waals surface area contributed by atoms with Crippen LogP contribution in [-0.2, 0) is 4.79 Å².